The second-order valence-corrected chi connectivity index (χ2v) is 6.09. The SMILES string of the molecule is CNC1CCC(c2ccc(Cl)c(Cl)c2)[13c]2[13cH][13cH][13cH][13cH][13c]21. The molecule has 1 aliphatic rings. The van der Waals surface area contributed by atoms with Crippen molar-refractivity contribution in [2.24, 2.45) is 0 Å². The fourth-order valence-electron chi connectivity index (χ4n) is 3.17. The summed E-state index contributed by atoms with van der Waals surface area (Å²) in [6.07, 6.45) is 2.26. The first-order valence-electron chi connectivity index (χ1n) is 6.91. The van der Waals surface area contributed by atoms with E-state index in [2.05, 4.69) is 35.6 Å². The summed E-state index contributed by atoms with van der Waals surface area (Å²) in [5.74, 6) is 0.408. The molecule has 104 valence electrons. The van der Waals surface area contributed by atoms with Crippen LogP contribution in [-0.2, 0) is 0 Å². The van der Waals surface area contributed by atoms with Crippen LogP contribution in [0.2, 0.25) is 10.0 Å². The highest BCUT2D eigenvalue weighted by Gasteiger charge is 2.27. The standard InChI is InChI=1S/C17H17Cl2N/c1-20-17-9-7-12(13-4-2-3-5-14(13)17)11-6-8-15(18)16(19)10-11/h2-6,8,10,12,17,20H,7,9H2,1H3/i2+1,3+1,4+1,5+1,13+1,14+1. The highest BCUT2D eigenvalue weighted by atomic mass is 35.5. The first kappa shape index (κ1) is 13.9. The van der Waals surface area contributed by atoms with Crippen LogP contribution in [0.1, 0.15) is 41.5 Å². The van der Waals surface area contributed by atoms with Gasteiger partial charge in [0.15, 0.2) is 0 Å². The molecule has 2 atom stereocenters. The van der Waals surface area contributed by atoms with Crippen LogP contribution < -0.4 is 5.32 Å². The van der Waals surface area contributed by atoms with Gasteiger partial charge in [-0.1, -0.05) is 53.5 Å². The van der Waals surface area contributed by atoms with Crippen molar-refractivity contribution in [3.05, 3.63) is 69.2 Å². The largest absolute Gasteiger partial charge is 0.313 e. The average molecular weight is 312 g/mol. The van der Waals surface area contributed by atoms with E-state index >= 15 is 0 Å². The molecular weight excluding hydrogens is 295 g/mol. The average Bonchev–Trinajstić information content (AvgIpc) is 2.49. The van der Waals surface area contributed by atoms with Crippen LogP contribution in [0.4, 0.5) is 0 Å². The van der Waals surface area contributed by atoms with Crippen molar-refractivity contribution in [2.45, 2.75) is 24.8 Å². The van der Waals surface area contributed by atoms with Crippen LogP contribution >= 0.6 is 23.2 Å². The molecule has 0 aliphatic heterocycles. The highest BCUT2D eigenvalue weighted by Crippen LogP contribution is 2.42. The van der Waals surface area contributed by atoms with Crippen LogP contribution in [0, 0.1) is 0 Å². The minimum Gasteiger partial charge on any atom is -0.313 e. The number of nitrogens with one attached hydrogen (secondary N) is 1. The van der Waals surface area contributed by atoms with Gasteiger partial charge in [0, 0.05) is 12.0 Å². The quantitative estimate of drug-likeness (QED) is 0.805. The Hall–Kier alpha value is -1.02. The summed E-state index contributed by atoms with van der Waals surface area (Å²) in [5, 5.41) is 4.66. The number of rotatable bonds is 2. The molecule has 0 saturated carbocycles. The Morgan fingerprint density at radius 1 is 0.950 bits per heavy atom. The van der Waals surface area contributed by atoms with Crippen molar-refractivity contribution in [3.63, 3.8) is 0 Å². The summed E-state index contributed by atoms with van der Waals surface area (Å²) in [7, 11) is 2.03. The van der Waals surface area contributed by atoms with E-state index in [1.54, 1.807) is 0 Å². The Morgan fingerprint density at radius 2 is 1.70 bits per heavy atom. The molecule has 1 N–H and O–H groups in total. The van der Waals surface area contributed by atoms with E-state index in [0.717, 1.165) is 12.8 Å². The van der Waals surface area contributed by atoms with E-state index in [-0.39, 0.29) is 0 Å². The van der Waals surface area contributed by atoms with Gasteiger partial charge in [-0.2, -0.15) is 0 Å². The summed E-state index contributed by atoms with van der Waals surface area (Å²) in [6, 6.07) is 15.1. The second kappa shape index (κ2) is 5.77. The molecule has 3 heteroatoms. The molecule has 20 heavy (non-hydrogen) atoms. The van der Waals surface area contributed by atoms with Crippen molar-refractivity contribution < 1.29 is 0 Å². The maximum absolute atomic E-state index is 6.17. The third-order valence-corrected chi connectivity index (χ3v) is 4.92. The molecule has 0 radical (unpaired) electrons. The molecule has 0 spiro atoms. The zero-order chi connectivity index (χ0) is 14.1. The Kier molecular flexibility index (Phi) is 4.02. The monoisotopic (exact) mass is 311 g/mol. The molecular formula is C17H17Cl2N. The van der Waals surface area contributed by atoms with Gasteiger partial charge in [0.1, 0.15) is 0 Å². The van der Waals surface area contributed by atoms with E-state index < -0.39 is 0 Å². The minimum atomic E-state index is 0.408. The van der Waals surface area contributed by atoms with E-state index in [1.807, 2.05) is 19.2 Å². The first-order chi connectivity index (χ1) is 9.70. The fraction of sp³-hybridized carbons (Fsp3) is 0.294. The third-order valence-electron chi connectivity index (χ3n) is 4.19. The lowest BCUT2D eigenvalue weighted by Gasteiger charge is -2.32. The number of hydrogen-bond acceptors (Lipinski definition) is 1. The van der Waals surface area contributed by atoms with Crippen molar-refractivity contribution in [1.29, 1.82) is 0 Å². The fourth-order valence-corrected chi connectivity index (χ4v) is 3.47. The van der Waals surface area contributed by atoms with Gasteiger partial charge in [-0.25, -0.2) is 0 Å². The van der Waals surface area contributed by atoms with Crippen LogP contribution in [0.5, 0.6) is 0 Å². The van der Waals surface area contributed by atoms with E-state index in [1.165, 1.54) is 16.7 Å². The maximum Gasteiger partial charge on any atom is 0.0595 e. The molecule has 0 aromatic heterocycles. The van der Waals surface area contributed by atoms with Gasteiger partial charge in [0.05, 0.1) is 10.0 Å². The predicted molar refractivity (Wildman–Crippen MR) is 85.8 cm³/mol. The number of benzene rings is 2. The molecule has 3 rings (SSSR count). The van der Waals surface area contributed by atoms with Gasteiger partial charge in [-0.15, -0.1) is 0 Å². The molecule has 0 amide bonds. The molecule has 2 aromatic rings. The smallest absolute Gasteiger partial charge is 0.0595 e. The molecule has 0 fully saturated rings. The van der Waals surface area contributed by atoms with E-state index in [4.69, 9.17) is 23.2 Å². The molecule has 1 aliphatic carbocycles. The Bertz CT molecular complexity index is 624. The van der Waals surface area contributed by atoms with Gasteiger partial charge < -0.3 is 5.32 Å². The van der Waals surface area contributed by atoms with Gasteiger partial charge in [0.25, 0.3) is 0 Å². The van der Waals surface area contributed by atoms with Crippen LogP contribution in [0.3, 0.4) is 0 Å². The molecule has 0 saturated heterocycles. The summed E-state index contributed by atoms with van der Waals surface area (Å²) in [5.41, 5.74) is 4.05. The molecule has 1 nitrogen and oxygen atoms in total. The topological polar surface area (TPSA) is 12.0 Å². The lowest BCUT2D eigenvalue weighted by atomic mass is 9.95. The lowest BCUT2D eigenvalue weighted by molar-refractivity contribution is 0.471. The van der Waals surface area contributed by atoms with Crippen molar-refractivity contribution >= 4 is 23.2 Å². The van der Waals surface area contributed by atoms with Gasteiger partial charge >= 0.3 is 0 Å². The summed E-state index contributed by atoms with van der Waals surface area (Å²) >= 11 is 12.2. The Labute approximate surface area is 129 Å². The van der Waals surface area contributed by atoms with E-state index in [0.29, 0.717) is 22.0 Å². The lowest BCUT2D eigenvalue weighted by Crippen LogP contribution is -2.24. The number of fused-ring (bicyclic) bond motifs is 1. The predicted octanol–water partition coefficient (Wildman–Crippen LogP) is 5.18. The number of halogens is 2. The van der Waals surface area contributed by atoms with Gasteiger partial charge in [0.2, 0.25) is 0 Å². The summed E-state index contributed by atoms with van der Waals surface area (Å²) < 4.78 is 0. The zero-order valence-corrected chi connectivity index (χ0v) is 12.9. The first-order valence-corrected chi connectivity index (χ1v) is 7.67. The molecule has 2 aromatic carbocycles. The normalized spacial score (nSPS) is 21.6. The summed E-state index contributed by atoms with van der Waals surface area (Å²) in [6.45, 7) is 0. The third kappa shape index (κ3) is 2.46. The van der Waals surface area contributed by atoms with Crippen molar-refractivity contribution in [3.8, 4) is 0 Å². The maximum atomic E-state index is 6.17. The molecule has 2 unspecified atom stereocenters. The number of hydrogen-bond donors (Lipinski definition) is 1. The van der Waals surface area contributed by atoms with Gasteiger partial charge in [-0.05, 0) is 48.7 Å². The molecule has 0 bridgehead atoms. The van der Waals surface area contributed by atoms with E-state index in [9.17, 15) is 0 Å². The summed E-state index contributed by atoms with van der Waals surface area (Å²) in [4.78, 5) is 0. The highest BCUT2D eigenvalue weighted by molar-refractivity contribution is 6.42. The Morgan fingerprint density at radius 3 is 2.40 bits per heavy atom. The van der Waals surface area contributed by atoms with Crippen molar-refractivity contribution in [2.75, 3.05) is 7.05 Å². The minimum absolute atomic E-state index is 0.408. The van der Waals surface area contributed by atoms with Crippen molar-refractivity contribution in [1.82, 2.24) is 5.32 Å². The van der Waals surface area contributed by atoms with Crippen LogP contribution in [0.25, 0.3) is 0 Å². The van der Waals surface area contributed by atoms with Crippen LogP contribution in [-0.4, -0.2) is 7.05 Å². The van der Waals surface area contributed by atoms with Gasteiger partial charge in [-0.3, -0.25) is 0 Å². The Balaban J connectivity index is 2.05. The van der Waals surface area contributed by atoms with Crippen LogP contribution in [0.15, 0.2) is 42.5 Å². The zero-order valence-electron chi connectivity index (χ0n) is 11.4. The molecule has 0 heterocycles. The second-order valence-electron chi connectivity index (χ2n) is 5.27.